The van der Waals surface area contributed by atoms with Gasteiger partial charge in [-0.25, -0.2) is 0 Å². The number of hydrogen-bond donors (Lipinski definition) is 1. The Balaban J connectivity index is 2.02. The first-order valence-corrected chi connectivity index (χ1v) is 5.92. The van der Waals surface area contributed by atoms with Crippen LogP contribution in [0.3, 0.4) is 0 Å². The molecule has 0 amide bonds. The summed E-state index contributed by atoms with van der Waals surface area (Å²) in [6.07, 6.45) is 4.79. The van der Waals surface area contributed by atoms with Crippen LogP contribution in [0.1, 0.15) is 46.0 Å². The van der Waals surface area contributed by atoms with Crippen molar-refractivity contribution in [1.29, 1.82) is 0 Å². The van der Waals surface area contributed by atoms with E-state index in [-0.39, 0.29) is 11.7 Å². The molecule has 0 heterocycles. The lowest BCUT2D eigenvalue weighted by molar-refractivity contribution is -0.0351. The summed E-state index contributed by atoms with van der Waals surface area (Å²) in [6, 6.07) is 0. The van der Waals surface area contributed by atoms with Gasteiger partial charge in [0.05, 0.1) is 0 Å². The molecular formula is C14H18O2. The minimum absolute atomic E-state index is 0.140. The maximum absolute atomic E-state index is 9.98. The smallest absolute Gasteiger partial charge is 0.154 e. The molecule has 2 aliphatic rings. The van der Waals surface area contributed by atoms with Crippen molar-refractivity contribution >= 4 is 0 Å². The lowest BCUT2D eigenvalue weighted by Crippen LogP contribution is -2.31. The largest absolute Gasteiger partial charge is 0.375 e. The van der Waals surface area contributed by atoms with E-state index in [2.05, 4.69) is 23.7 Å². The maximum Gasteiger partial charge on any atom is 0.154 e. The summed E-state index contributed by atoms with van der Waals surface area (Å²) >= 11 is 0. The first-order valence-electron chi connectivity index (χ1n) is 5.92. The molecule has 2 saturated carbocycles. The zero-order valence-corrected chi connectivity index (χ0v) is 9.97. The van der Waals surface area contributed by atoms with Gasteiger partial charge in [-0.3, -0.25) is 0 Å². The van der Waals surface area contributed by atoms with Gasteiger partial charge in [0.1, 0.15) is 11.7 Å². The van der Waals surface area contributed by atoms with Gasteiger partial charge in [-0.15, -0.1) is 11.8 Å². The summed E-state index contributed by atoms with van der Waals surface area (Å²) < 4.78 is 5.99. The summed E-state index contributed by atoms with van der Waals surface area (Å²) in [6.45, 7) is 3.58. The second-order valence-electron chi connectivity index (χ2n) is 4.69. The Bertz CT molecular complexity index is 384. The van der Waals surface area contributed by atoms with Crippen LogP contribution in [-0.4, -0.2) is 22.4 Å². The summed E-state index contributed by atoms with van der Waals surface area (Å²) in [7, 11) is 0. The molecule has 0 bridgehead atoms. The van der Waals surface area contributed by atoms with Crippen molar-refractivity contribution in [2.75, 3.05) is 0 Å². The Hall–Kier alpha value is -0.960. The maximum atomic E-state index is 9.98. The molecule has 2 atom stereocenters. The molecule has 2 aliphatic carbocycles. The molecule has 86 valence electrons. The van der Waals surface area contributed by atoms with Gasteiger partial charge in [0.25, 0.3) is 0 Å². The molecule has 2 rings (SSSR count). The fourth-order valence-corrected chi connectivity index (χ4v) is 2.43. The highest BCUT2D eigenvalue weighted by Crippen LogP contribution is 2.44. The van der Waals surface area contributed by atoms with Crippen LogP contribution in [0.4, 0.5) is 0 Å². The van der Waals surface area contributed by atoms with Gasteiger partial charge < -0.3 is 9.84 Å². The SMILES string of the molecule is CC#CC1(OC2CC2(O)C#CC)CCCC1. The topological polar surface area (TPSA) is 29.5 Å². The first kappa shape index (κ1) is 11.5. The van der Waals surface area contributed by atoms with Crippen LogP contribution >= 0.6 is 0 Å². The van der Waals surface area contributed by atoms with Crippen LogP contribution in [0.15, 0.2) is 0 Å². The number of rotatable bonds is 2. The van der Waals surface area contributed by atoms with Gasteiger partial charge >= 0.3 is 0 Å². The molecule has 0 aromatic carbocycles. The third kappa shape index (κ3) is 2.09. The van der Waals surface area contributed by atoms with E-state index in [0.29, 0.717) is 6.42 Å². The van der Waals surface area contributed by atoms with Crippen molar-refractivity contribution in [3.8, 4) is 23.7 Å². The minimum atomic E-state index is -0.903. The minimum Gasteiger partial charge on any atom is -0.375 e. The van der Waals surface area contributed by atoms with E-state index < -0.39 is 5.60 Å². The van der Waals surface area contributed by atoms with Gasteiger partial charge in [0.2, 0.25) is 0 Å². The third-order valence-electron chi connectivity index (χ3n) is 3.34. The van der Waals surface area contributed by atoms with Crippen molar-refractivity contribution in [2.24, 2.45) is 0 Å². The Kier molecular flexibility index (Phi) is 2.98. The quantitative estimate of drug-likeness (QED) is 0.717. The molecule has 0 radical (unpaired) electrons. The van der Waals surface area contributed by atoms with Crippen molar-refractivity contribution in [1.82, 2.24) is 0 Å². The summed E-state index contributed by atoms with van der Waals surface area (Å²) in [5.41, 5.74) is -1.21. The predicted molar refractivity (Wildman–Crippen MR) is 62.5 cm³/mol. The molecule has 2 heteroatoms. The average Bonchev–Trinajstić information content (AvgIpc) is 2.66. The predicted octanol–water partition coefficient (Wildman–Crippen LogP) is 1.87. The lowest BCUT2D eigenvalue weighted by atomic mass is 10.0. The zero-order chi connectivity index (χ0) is 11.6. The highest BCUT2D eigenvalue weighted by molar-refractivity contribution is 5.28. The number of hydrogen-bond acceptors (Lipinski definition) is 2. The molecule has 2 nitrogen and oxygen atoms in total. The molecule has 0 aromatic heterocycles. The standard InChI is InChI=1S/C14H18O2/c1-3-7-13(9-5-6-10-13)16-12-11-14(12,15)8-4-2/h12,15H,5-6,9-11H2,1-2H3. The van der Waals surface area contributed by atoms with Gasteiger partial charge in [-0.05, 0) is 39.5 Å². The van der Waals surface area contributed by atoms with E-state index in [9.17, 15) is 5.11 Å². The number of aliphatic hydroxyl groups is 1. The molecule has 2 fully saturated rings. The zero-order valence-electron chi connectivity index (χ0n) is 9.97. The van der Waals surface area contributed by atoms with E-state index >= 15 is 0 Å². The van der Waals surface area contributed by atoms with Crippen LogP contribution in [0.25, 0.3) is 0 Å². The second-order valence-corrected chi connectivity index (χ2v) is 4.69. The van der Waals surface area contributed by atoms with Crippen LogP contribution in [-0.2, 0) is 4.74 Å². The van der Waals surface area contributed by atoms with Crippen LogP contribution < -0.4 is 0 Å². The van der Waals surface area contributed by atoms with E-state index in [1.807, 2.05) is 6.92 Å². The van der Waals surface area contributed by atoms with E-state index in [4.69, 9.17) is 4.74 Å². The van der Waals surface area contributed by atoms with Gasteiger partial charge in [0.15, 0.2) is 5.60 Å². The highest BCUT2D eigenvalue weighted by atomic mass is 16.5. The molecule has 0 aromatic rings. The Morgan fingerprint density at radius 2 is 1.75 bits per heavy atom. The van der Waals surface area contributed by atoms with Gasteiger partial charge in [-0.2, -0.15) is 0 Å². The molecule has 0 saturated heterocycles. The van der Waals surface area contributed by atoms with Gasteiger partial charge in [-0.1, -0.05) is 11.8 Å². The summed E-state index contributed by atoms with van der Waals surface area (Å²) in [4.78, 5) is 0. The van der Waals surface area contributed by atoms with E-state index in [1.165, 1.54) is 12.8 Å². The van der Waals surface area contributed by atoms with Gasteiger partial charge in [0, 0.05) is 6.42 Å². The summed E-state index contributed by atoms with van der Waals surface area (Å²) in [5, 5.41) is 9.98. The van der Waals surface area contributed by atoms with Crippen LogP contribution in [0.2, 0.25) is 0 Å². The Labute approximate surface area is 97.4 Å². The van der Waals surface area contributed by atoms with Crippen molar-refractivity contribution < 1.29 is 9.84 Å². The Morgan fingerprint density at radius 3 is 2.31 bits per heavy atom. The van der Waals surface area contributed by atoms with Crippen molar-refractivity contribution in [3.63, 3.8) is 0 Å². The second kappa shape index (κ2) is 4.13. The third-order valence-corrected chi connectivity index (χ3v) is 3.34. The molecule has 16 heavy (non-hydrogen) atoms. The van der Waals surface area contributed by atoms with E-state index in [0.717, 1.165) is 12.8 Å². The van der Waals surface area contributed by atoms with Crippen LogP contribution in [0, 0.1) is 23.7 Å². The molecule has 2 unspecified atom stereocenters. The molecule has 0 aliphatic heterocycles. The van der Waals surface area contributed by atoms with E-state index in [1.54, 1.807) is 6.92 Å². The van der Waals surface area contributed by atoms with Crippen LogP contribution in [0.5, 0.6) is 0 Å². The molecule has 1 N–H and O–H groups in total. The average molecular weight is 218 g/mol. The Morgan fingerprint density at radius 1 is 1.12 bits per heavy atom. The molecular weight excluding hydrogens is 200 g/mol. The highest BCUT2D eigenvalue weighted by Gasteiger charge is 2.56. The lowest BCUT2D eigenvalue weighted by Gasteiger charge is -2.23. The monoisotopic (exact) mass is 218 g/mol. The molecule has 0 spiro atoms. The summed E-state index contributed by atoms with van der Waals surface area (Å²) in [5.74, 6) is 11.7. The number of ether oxygens (including phenoxy) is 1. The normalized spacial score (nSPS) is 34.6. The fraction of sp³-hybridized carbons (Fsp3) is 0.714. The first-order chi connectivity index (χ1) is 7.64. The van der Waals surface area contributed by atoms with Crippen molar-refractivity contribution in [2.45, 2.75) is 63.3 Å². The van der Waals surface area contributed by atoms with Crippen molar-refractivity contribution in [3.05, 3.63) is 0 Å². The fourth-order valence-electron chi connectivity index (χ4n) is 2.43.